The summed E-state index contributed by atoms with van der Waals surface area (Å²) in [6, 6.07) is 12.9. The van der Waals surface area contributed by atoms with Gasteiger partial charge in [-0.3, -0.25) is 0 Å². The van der Waals surface area contributed by atoms with Gasteiger partial charge in [0.15, 0.2) is 0 Å². The van der Waals surface area contributed by atoms with E-state index in [4.69, 9.17) is 5.73 Å². The Hall–Kier alpha value is -1.87. The standard InChI is InChI=1S/C18H23FN2/c1-4-21(16-7-5-6-15(19)11-16)12-18(20)17-10-13(2)8-9-14(17)3/h5-11,18H,4,12,20H2,1-3H3. The Balaban J connectivity index is 2.20. The zero-order chi connectivity index (χ0) is 15.4. The molecule has 112 valence electrons. The third kappa shape index (κ3) is 3.82. The Kier molecular flexibility index (Phi) is 4.97. The van der Waals surface area contributed by atoms with Crippen LogP contribution in [0.4, 0.5) is 10.1 Å². The third-order valence-corrected chi connectivity index (χ3v) is 3.81. The summed E-state index contributed by atoms with van der Waals surface area (Å²) < 4.78 is 13.4. The number of likely N-dealkylation sites (N-methyl/N-ethyl adjacent to an activating group) is 1. The molecule has 0 amide bonds. The number of halogens is 1. The Bertz CT molecular complexity index is 610. The van der Waals surface area contributed by atoms with Crippen LogP contribution in [0.2, 0.25) is 0 Å². The zero-order valence-corrected chi connectivity index (χ0v) is 12.9. The SMILES string of the molecule is CCN(CC(N)c1cc(C)ccc1C)c1cccc(F)c1. The van der Waals surface area contributed by atoms with Crippen molar-refractivity contribution in [2.75, 3.05) is 18.0 Å². The number of rotatable bonds is 5. The van der Waals surface area contributed by atoms with Crippen LogP contribution >= 0.6 is 0 Å². The highest BCUT2D eigenvalue weighted by Crippen LogP contribution is 2.22. The van der Waals surface area contributed by atoms with E-state index in [2.05, 4.69) is 43.9 Å². The van der Waals surface area contributed by atoms with Gasteiger partial charge in [-0.05, 0) is 50.1 Å². The maximum absolute atomic E-state index is 13.4. The van der Waals surface area contributed by atoms with Crippen LogP contribution in [0.25, 0.3) is 0 Å². The van der Waals surface area contributed by atoms with Crippen molar-refractivity contribution < 1.29 is 4.39 Å². The van der Waals surface area contributed by atoms with Crippen LogP contribution < -0.4 is 10.6 Å². The number of nitrogens with two attached hydrogens (primary N) is 1. The largest absolute Gasteiger partial charge is 0.370 e. The first-order valence-corrected chi connectivity index (χ1v) is 7.34. The van der Waals surface area contributed by atoms with Crippen molar-refractivity contribution in [3.63, 3.8) is 0 Å². The van der Waals surface area contributed by atoms with Crippen molar-refractivity contribution in [2.24, 2.45) is 5.73 Å². The van der Waals surface area contributed by atoms with Gasteiger partial charge in [-0.15, -0.1) is 0 Å². The molecule has 0 fully saturated rings. The lowest BCUT2D eigenvalue weighted by Crippen LogP contribution is -2.32. The number of anilines is 1. The van der Waals surface area contributed by atoms with Crippen molar-refractivity contribution >= 4 is 5.69 Å². The molecule has 2 aromatic rings. The van der Waals surface area contributed by atoms with E-state index >= 15 is 0 Å². The van der Waals surface area contributed by atoms with Gasteiger partial charge in [-0.25, -0.2) is 4.39 Å². The predicted octanol–water partition coefficient (Wildman–Crippen LogP) is 3.97. The lowest BCUT2D eigenvalue weighted by atomic mass is 9.99. The molecule has 1 atom stereocenters. The fourth-order valence-electron chi connectivity index (χ4n) is 2.59. The molecule has 0 radical (unpaired) electrons. The number of benzene rings is 2. The maximum Gasteiger partial charge on any atom is 0.125 e. The highest BCUT2D eigenvalue weighted by molar-refractivity contribution is 5.47. The quantitative estimate of drug-likeness (QED) is 0.901. The summed E-state index contributed by atoms with van der Waals surface area (Å²) in [6.45, 7) is 7.67. The van der Waals surface area contributed by atoms with Crippen molar-refractivity contribution in [1.82, 2.24) is 0 Å². The van der Waals surface area contributed by atoms with Crippen LogP contribution in [0.15, 0.2) is 42.5 Å². The number of nitrogens with zero attached hydrogens (tertiary/aromatic N) is 1. The van der Waals surface area contributed by atoms with Crippen LogP contribution in [0.1, 0.15) is 29.7 Å². The summed E-state index contributed by atoms with van der Waals surface area (Å²) in [5.41, 5.74) is 10.8. The van der Waals surface area contributed by atoms with E-state index in [-0.39, 0.29) is 11.9 Å². The summed E-state index contributed by atoms with van der Waals surface area (Å²) in [7, 11) is 0. The van der Waals surface area contributed by atoms with Gasteiger partial charge in [-0.2, -0.15) is 0 Å². The first-order valence-electron chi connectivity index (χ1n) is 7.34. The first-order chi connectivity index (χ1) is 10.0. The molecule has 0 saturated carbocycles. The molecule has 2 aromatic carbocycles. The molecule has 0 spiro atoms. The van der Waals surface area contributed by atoms with E-state index in [0.29, 0.717) is 6.54 Å². The molecule has 0 heterocycles. The minimum atomic E-state index is -0.216. The van der Waals surface area contributed by atoms with Gasteiger partial charge in [0.25, 0.3) is 0 Å². The Morgan fingerprint density at radius 1 is 1.14 bits per heavy atom. The van der Waals surface area contributed by atoms with Crippen molar-refractivity contribution in [3.05, 3.63) is 65.0 Å². The number of hydrogen-bond donors (Lipinski definition) is 1. The van der Waals surface area contributed by atoms with E-state index in [1.165, 1.54) is 17.2 Å². The number of aryl methyl sites for hydroxylation is 2. The molecule has 0 bridgehead atoms. The molecule has 2 rings (SSSR count). The fraction of sp³-hybridized carbons (Fsp3) is 0.333. The molecular formula is C18H23FN2. The second-order valence-corrected chi connectivity index (χ2v) is 5.49. The Morgan fingerprint density at radius 3 is 2.57 bits per heavy atom. The number of hydrogen-bond acceptors (Lipinski definition) is 2. The first kappa shape index (κ1) is 15.5. The summed E-state index contributed by atoms with van der Waals surface area (Å²) in [6.07, 6.45) is 0. The second-order valence-electron chi connectivity index (χ2n) is 5.49. The summed E-state index contributed by atoms with van der Waals surface area (Å²) >= 11 is 0. The monoisotopic (exact) mass is 286 g/mol. The molecular weight excluding hydrogens is 263 g/mol. The van der Waals surface area contributed by atoms with Gasteiger partial charge in [-0.1, -0.05) is 29.8 Å². The van der Waals surface area contributed by atoms with Crippen LogP contribution in [-0.4, -0.2) is 13.1 Å². The average Bonchev–Trinajstić information content (AvgIpc) is 2.47. The van der Waals surface area contributed by atoms with Crippen molar-refractivity contribution in [1.29, 1.82) is 0 Å². The second kappa shape index (κ2) is 6.72. The van der Waals surface area contributed by atoms with E-state index in [1.54, 1.807) is 12.1 Å². The summed E-state index contributed by atoms with van der Waals surface area (Å²) in [4.78, 5) is 2.11. The molecule has 0 aromatic heterocycles. The van der Waals surface area contributed by atoms with Gasteiger partial charge in [0.1, 0.15) is 5.82 Å². The van der Waals surface area contributed by atoms with Gasteiger partial charge in [0.2, 0.25) is 0 Å². The molecule has 0 aliphatic carbocycles. The smallest absolute Gasteiger partial charge is 0.125 e. The highest BCUT2D eigenvalue weighted by Gasteiger charge is 2.14. The third-order valence-electron chi connectivity index (χ3n) is 3.81. The Morgan fingerprint density at radius 2 is 1.90 bits per heavy atom. The molecule has 3 heteroatoms. The van der Waals surface area contributed by atoms with Gasteiger partial charge >= 0.3 is 0 Å². The average molecular weight is 286 g/mol. The maximum atomic E-state index is 13.4. The van der Waals surface area contributed by atoms with Gasteiger partial charge in [0, 0.05) is 24.8 Å². The lowest BCUT2D eigenvalue weighted by Gasteiger charge is -2.27. The fourth-order valence-corrected chi connectivity index (χ4v) is 2.59. The minimum Gasteiger partial charge on any atom is -0.370 e. The zero-order valence-electron chi connectivity index (χ0n) is 12.9. The van der Waals surface area contributed by atoms with Crippen LogP contribution in [0, 0.1) is 19.7 Å². The van der Waals surface area contributed by atoms with Crippen molar-refractivity contribution in [3.8, 4) is 0 Å². The molecule has 2 N–H and O–H groups in total. The van der Waals surface area contributed by atoms with E-state index in [9.17, 15) is 4.39 Å². The molecule has 2 nitrogen and oxygen atoms in total. The molecule has 1 unspecified atom stereocenters. The molecule has 0 aliphatic heterocycles. The summed E-state index contributed by atoms with van der Waals surface area (Å²) in [5, 5.41) is 0. The van der Waals surface area contributed by atoms with E-state index in [1.807, 2.05) is 6.07 Å². The van der Waals surface area contributed by atoms with E-state index in [0.717, 1.165) is 17.8 Å². The van der Waals surface area contributed by atoms with Crippen LogP contribution in [0.3, 0.4) is 0 Å². The van der Waals surface area contributed by atoms with Crippen molar-refractivity contribution in [2.45, 2.75) is 26.8 Å². The molecule has 0 saturated heterocycles. The molecule has 21 heavy (non-hydrogen) atoms. The Labute approximate surface area is 126 Å². The normalized spacial score (nSPS) is 12.2. The lowest BCUT2D eigenvalue weighted by molar-refractivity contribution is 0.623. The highest BCUT2D eigenvalue weighted by atomic mass is 19.1. The predicted molar refractivity (Wildman–Crippen MR) is 87.1 cm³/mol. The van der Waals surface area contributed by atoms with Crippen LogP contribution in [0.5, 0.6) is 0 Å². The van der Waals surface area contributed by atoms with Crippen LogP contribution in [-0.2, 0) is 0 Å². The van der Waals surface area contributed by atoms with Gasteiger partial charge < -0.3 is 10.6 Å². The van der Waals surface area contributed by atoms with E-state index < -0.39 is 0 Å². The molecule has 0 aliphatic rings. The minimum absolute atomic E-state index is 0.0897. The van der Waals surface area contributed by atoms with Gasteiger partial charge in [0.05, 0.1) is 0 Å². The topological polar surface area (TPSA) is 29.3 Å². The summed E-state index contributed by atoms with van der Waals surface area (Å²) in [5.74, 6) is -0.216.